The molecule has 0 fully saturated rings. The first-order valence-electron chi connectivity index (χ1n) is 6.08. The molecule has 0 atom stereocenters. The third kappa shape index (κ3) is 9.61. The molecule has 0 heterocycles. The van der Waals surface area contributed by atoms with Crippen LogP contribution in [0.5, 0.6) is 0 Å². The number of hydrogen-bond donors (Lipinski definition) is 0. The van der Waals surface area contributed by atoms with Crippen LogP contribution in [0.4, 0.5) is 0 Å². The van der Waals surface area contributed by atoms with E-state index in [0.717, 1.165) is 49.9 Å². The van der Waals surface area contributed by atoms with Crippen molar-refractivity contribution in [1.82, 2.24) is 0 Å². The van der Waals surface area contributed by atoms with E-state index in [1.54, 1.807) is 0 Å². The van der Waals surface area contributed by atoms with E-state index in [1.165, 1.54) is 0 Å². The predicted octanol–water partition coefficient (Wildman–Crippen LogP) is 6.43. The van der Waals surface area contributed by atoms with E-state index < -0.39 is 13.4 Å². The lowest BCUT2D eigenvalue weighted by Gasteiger charge is -2.18. The molecule has 0 aromatic carbocycles. The fourth-order valence-corrected chi connectivity index (χ4v) is 9.12. The lowest BCUT2D eigenvalue weighted by molar-refractivity contribution is 0.855. The minimum absolute atomic E-state index is 0.980. The van der Waals surface area contributed by atoms with Crippen LogP contribution in [0.3, 0.4) is 0 Å². The highest BCUT2D eigenvalue weighted by atomic mass is 35.7. The van der Waals surface area contributed by atoms with E-state index in [0.29, 0.717) is 0 Å². The van der Waals surface area contributed by atoms with Crippen LogP contribution in [-0.4, -0.2) is 13.4 Å². The van der Waals surface area contributed by atoms with E-state index in [-0.39, 0.29) is 0 Å². The van der Waals surface area contributed by atoms with Gasteiger partial charge in [-0.25, -0.2) is 0 Å². The highest BCUT2D eigenvalue weighted by molar-refractivity contribution is 7.45. The van der Waals surface area contributed by atoms with Crippen molar-refractivity contribution in [1.29, 1.82) is 0 Å². The Morgan fingerprint density at radius 1 is 0.625 bits per heavy atom. The largest absolute Gasteiger partial charge is 0.251 e. The maximum atomic E-state index is 6.30. The van der Waals surface area contributed by atoms with Crippen LogP contribution in [0.15, 0.2) is 0 Å². The van der Waals surface area contributed by atoms with Crippen molar-refractivity contribution in [3.63, 3.8) is 0 Å². The second-order valence-corrected chi connectivity index (χ2v) is 19.7. The lowest BCUT2D eigenvalue weighted by Crippen LogP contribution is -2.20. The quantitative estimate of drug-likeness (QED) is 0.258. The third-order valence-corrected chi connectivity index (χ3v) is 11.7. The molecule has 16 heavy (non-hydrogen) atoms. The lowest BCUT2D eigenvalue weighted by atomic mass is 10.4. The minimum atomic E-state index is -1.94. The third-order valence-electron chi connectivity index (χ3n) is 2.57. The molecular formula is C10H22Cl4Si2. The van der Waals surface area contributed by atoms with Crippen molar-refractivity contribution in [3.05, 3.63) is 0 Å². The Balaban J connectivity index is 3.67. The van der Waals surface area contributed by atoms with Gasteiger partial charge in [0.25, 0.3) is 13.4 Å². The highest BCUT2D eigenvalue weighted by Gasteiger charge is 2.29. The molecule has 0 unspecified atom stereocenters. The van der Waals surface area contributed by atoms with Crippen LogP contribution >= 0.6 is 44.3 Å². The van der Waals surface area contributed by atoms with Gasteiger partial charge in [0, 0.05) is 0 Å². The van der Waals surface area contributed by atoms with Crippen molar-refractivity contribution in [2.24, 2.45) is 0 Å². The maximum absolute atomic E-state index is 6.30. The van der Waals surface area contributed by atoms with Gasteiger partial charge in [-0.1, -0.05) is 39.5 Å². The normalized spacial score (nSPS) is 13.1. The first kappa shape index (κ1) is 17.6. The summed E-state index contributed by atoms with van der Waals surface area (Å²) < 4.78 is 0. The van der Waals surface area contributed by atoms with Crippen LogP contribution in [0.1, 0.15) is 39.5 Å². The first-order valence-corrected chi connectivity index (χ1v) is 15.0. The van der Waals surface area contributed by atoms with Gasteiger partial charge >= 0.3 is 0 Å². The van der Waals surface area contributed by atoms with E-state index >= 15 is 0 Å². The van der Waals surface area contributed by atoms with E-state index in [4.69, 9.17) is 44.3 Å². The highest BCUT2D eigenvalue weighted by Crippen LogP contribution is 2.32. The van der Waals surface area contributed by atoms with Crippen LogP contribution < -0.4 is 0 Å². The Kier molecular flexibility index (Phi) is 9.52. The summed E-state index contributed by atoms with van der Waals surface area (Å²) in [5, 5.41) is 0. The minimum Gasteiger partial charge on any atom is -0.146 e. The summed E-state index contributed by atoms with van der Waals surface area (Å²) in [7, 11) is 0. The molecule has 0 bridgehead atoms. The van der Waals surface area contributed by atoms with Crippen LogP contribution in [0, 0.1) is 0 Å². The maximum Gasteiger partial charge on any atom is 0.251 e. The zero-order valence-electron chi connectivity index (χ0n) is 10.2. The molecule has 98 valence electrons. The van der Waals surface area contributed by atoms with Gasteiger partial charge in [-0.05, 0) is 24.2 Å². The monoisotopic (exact) mass is 338 g/mol. The van der Waals surface area contributed by atoms with Gasteiger partial charge in [0.1, 0.15) is 0 Å². The average Bonchev–Trinajstić information content (AvgIpc) is 2.12. The molecule has 6 heteroatoms. The molecule has 0 spiro atoms. The Morgan fingerprint density at radius 2 is 0.938 bits per heavy atom. The predicted molar refractivity (Wildman–Crippen MR) is 84.0 cm³/mol. The van der Waals surface area contributed by atoms with Crippen molar-refractivity contribution in [3.8, 4) is 0 Å². The molecule has 0 rings (SSSR count). The number of halogens is 4. The molecule has 0 aliphatic heterocycles. The molecule has 0 aliphatic rings. The van der Waals surface area contributed by atoms with E-state index in [2.05, 4.69) is 13.8 Å². The van der Waals surface area contributed by atoms with Crippen molar-refractivity contribution < 1.29 is 0 Å². The van der Waals surface area contributed by atoms with Gasteiger partial charge < -0.3 is 0 Å². The summed E-state index contributed by atoms with van der Waals surface area (Å²) in [6.45, 7) is 0.368. The number of unbranched alkanes of at least 4 members (excludes halogenated alkanes) is 1. The van der Waals surface area contributed by atoms with Gasteiger partial charge in [0.05, 0.1) is 0 Å². The number of rotatable bonds is 9. The Bertz CT molecular complexity index is 166. The van der Waals surface area contributed by atoms with Crippen LogP contribution in [0.2, 0.25) is 24.2 Å². The summed E-state index contributed by atoms with van der Waals surface area (Å²) in [6.07, 6.45) is 4.33. The Morgan fingerprint density at radius 3 is 1.19 bits per heavy atom. The standard InChI is InChI=1S/C10H22Cl4Si2/c1-3-7-15(11,12)9-5-6-10-16(13,14)8-4-2/h3-10H2,1-2H3. The summed E-state index contributed by atoms with van der Waals surface area (Å²) in [6, 6.07) is 3.95. The van der Waals surface area contributed by atoms with Gasteiger partial charge in [0.2, 0.25) is 0 Å². The van der Waals surface area contributed by atoms with Crippen LogP contribution in [0.25, 0.3) is 0 Å². The summed E-state index contributed by atoms with van der Waals surface area (Å²) in [4.78, 5) is 0. The zero-order chi connectivity index (χ0) is 12.7. The first-order chi connectivity index (χ1) is 7.33. The molecule has 0 N–H and O–H groups in total. The second-order valence-electron chi connectivity index (χ2n) is 4.42. The van der Waals surface area contributed by atoms with Crippen molar-refractivity contribution >= 4 is 57.7 Å². The van der Waals surface area contributed by atoms with Gasteiger partial charge in [-0.2, -0.15) is 0 Å². The summed E-state index contributed by atoms with van der Waals surface area (Å²) in [5.41, 5.74) is 0. The molecule has 0 saturated heterocycles. The number of hydrogen-bond acceptors (Lipinski definition) is 0. The zero-order valence-corrected chi connectivity index (χ0v) is 15.2. The fraction of sp³-hybridized carbons (Fsp3) is 1.00. The molecule has 0 aromatic rings. The molecular weight excluding hydrogens is 318 g/mol. The molecule has 0 amide bonds. The molecule has 0 saturated carbocycles. The second kappa shape index (κ2) is 8.65. The molecule has 0 radical (unpaired) electrons. The Hall–Kier alpha value is 1.59. The summed E-state index contributed by atoms with van der Waals surface area (Å²) in [5.74, 6) is 0. The van der Waals surface area contributed by atoms with Gasteiger partial charge in [0.15, 0.2) is 0 Å². The van der Waals surface area contributed by atoms with E-state index in [9.17, 15) is 0 Å². The van der Waals surface area contributed by atoms with Crippen molar-refractivity contribution in [2.75, 3.05) is 0 Å². The van der Waals surface area contributed by atoms with E-state index in [1.807, 2.05) is 0 Å². The van der Waals surface area contributed by atoms with Gasteiger partial charge in [-0.3, -0.25) is 0 Å². The smallest absolute Gasteiger partial charge is 0.146 e. The van der Waals surface area contributed by atoms with Crippen LogP contribution in [-0.2, 0) is 0 Å². The topological polar surface area (TPSA) is 0 Å². The molecule has 0 aromatic heterocycles. The molecule has 0 aliphatic carbocycles. The molecule has 0 nitrogen and oxygen atoms in total. The fourth-order valence-electron chi connectivity index (χ4n) is 1.75. The average molecular weight is 340 g/mol. The van der Waals surface area contributed by atoms with Crippen molar-refractivity contribution in [2.45, 2.75) is 63.7 Å². The summed E-state index contributed by atoms with van der Waals surface area (Å²) >= 11 is 25.2. The SMILES string of the molecule is CCC[Si](Cl)(Cl)CCCC[Si](Cl)(Cl)CCC. The Labute approximate surface area is 121 Å². The van der Waals surface area contributed by atoms with Gasteiger partial charge in [-0.15, -0.1) is 44.3 Å².